The van der Waals surface area contributed by atoms with E-state index in [1.54, 1.807) is 6.92 Å². The molecule has 0 bridgehead atoms. The van der Waals surface area contributed by atoms with Crippen LogP contribution in [0.1, 0.15) is 44.7 Å². The molecule has 0 fully saturated rings. The lowest BCUT2D eigenvalue weighted by atomic mass is 10.1. The standard InChI is InChI=1S/C25H34FN3O4S/c1-6-19(4)27-25(31)23(7-2)28(16-20-11-8-10-18(3)14-20)24(30)17-29(34(5,32)33)22-13-9-12-21(26)15-22/h8-15,19,23H,6-7,16-17H2,1-5H3,(H,27,31)/t19-,23-/m1/s1. The van der Waals surface area contributed by atoms with Crippen molar-refractivity contribution >= 4 is 27.5 Å². The highest BCUT2D eigenvalue weighted by Gasteiger charge is 2.32. The summed E-state index contributed by atoms with van der Waals surface area (Å²) in [5, 5.41) is 2.92. The maximum atomic E-state index is 13.8. The first-order valence-electron chi connectivity index (χ1n) is 11.3. The minimum Gasteiger partial charge on any atom is -0.352 e. The van der Waals surface area contributed by atoms with E-state index in [9.17, 15) is 22.4 Å². The van der Waals surface area contributed by atoms with E-state index < -0.39 is 34.3 Å². The zero-order valence-electron chi connectivity index (χ0n) is 20.4. The summed E-state index contributed by atoms with van der Waals surface area (Å²) in [4.78, 5) is 28.0. The summed E-state index contributed by atoms with van der Waals surface area (Å²) in [5.41, 5.74) is 1.86. The molecule has 2 amide bonds. The summed E-state index contributed by atoms with van der Waals surface area (Å²) in [6, 6.07) is 11.8. The number of anilines is 1. The van der Waals surface area contributed by atoms with E-state index in [1.807, 2.05) is 45.0 Å². The fourth-order valence-electron chi connectivity index (χ4n) is 3.61. The van der Waals surface area contributed by atoms with Gasteiger partial charge in [0.25, 0.3) is 0 Å². The molecule has 0 aromatic heterocycles. The van der Waals surface area contributed by atoms with Gasteiger partial charge in [-0.25, -0.2) is 12.8 Å². The smallest absolute Gasteiger partial charge is 0.244 e. The fourth-order valence-corrected chi connectivity index (χ4v) is 4.45. The maximum absolute atomic E-state index is 13.8. The summed E-state index contributed by atoms with van der Waals surface area (Å²) in [6.07, 6.45) is 2.04. The highest BCUT2D eigenvalue weighted by Crippen LogP contribution is 2.21. The minimum atomic E-state index is -3.90. The predicted octanol–water partition coefficient (Wildman–Crippen LogP) is 3.62. The van der Waals surface area contributed by atoms with Gasteiger partial charge in [0.05, 0.1) is 11.9 Å². The van der Waals surface area contributed by atoms with Crippen molar-refractivity contribution in [3.8, 4) is 0 Å². The Morgan fingerprint density at radius 1 is 1.06 bits per heavy atom. The SMILES string of the molecule is CC[C@@H](C)NC(=O)[C@@H](CC)N(Cc1cccc(C)c1)C(=O)CN(c1cccc(F)c1)S(C)(=O)=O. The molecule has 2 aromatic rings. The number of rotatable bonds is 11. The van der Waals surface area contributed by atoms with Gasteiger partial charge in [0.15, 0.2) is 0 Å². The summed E-state index contributed by atoms with van der Waals surface area (Å²) in [5.74, 6) is -1.47. The summed E-state index contributed by atoms with van der Waals surface area (Å²) in [7, 11) is -3.90. The van der Waals surface area contributed by atoms with Crippen molar-refractivity contribution in [2.24, 2.45) is 0 Å². The first kappa shape index (κ1) is 27.3. The Morgan fingerprint density at radius 3 is 2.29 bits per heavy atom. The van der Waals surface area contributed by atoms with E-state index in [1.165, 1.54) is 23.1 Å². The second-order valence-electron chi connectivity index (χ2n) is 8.50. The van der Waals surface area contributed by atoms with E-state index in [4.69, 9.17) is 0 Å². The number of nitrogens with one attached hydrogen (secondary N) is 1. The van der Waals surface area contributed by atoms with Gasteiger partial charge >= 0.3 is 0 Å². The number of halogens is 1. The number of nitrogens with zero attached hydrogens (tertiary/aromatic N) is 2. The van der Waals surface area contributed by atoms with Crippen molar-refractivity contribution in [3.63, 3.8) is 0 Å². The lowest BCUT2D eigenvalue weighted by Gasteiger charge is -2.33. The third-order valence-electron chi connectivity index (χ3n) is 5.60. The zero-order chi connectivity index (χ0) is 25.5. The molecule has 0 spiro atoms. The van der Waals surface area contributed by atoms with Crippen molar-refractivity contribution < 1.29 is 22.4 Å². The summed E-state index contributed by atoms with van der Waals surface area (Å²) < 4.78 is 39.7. The highest BCUT2D eigenvalue weighted by atomic mass is 32.2. The largest absolute Gasteiger partial charge is 0.352 e. The van der Waals surface area contributed by atoms with Gasteiger partial charge in [-0.3, -0.25) is 13.9 Å². The number of hydrogen-bond donors (Lipinski definition) is 1. The molecular formula is C25H34FN3O4S. The van der Waals surface area contributed by atoms with E-state index in [-0.39, 0.29) is 24.2 Å². The molecule has 9 heteroatoms. The molecule has 0 unspecified atom stereocenters. The molecule has 34 heavy (non-hydrogen) atoms. The Kier molecular flexibility index (Phi) is 9.61. The molecule has 2 rings (SSSR count). The van der Waals surface area contributed by atoms with Crippen LogP contribution in [0.3, 0.4) is 0 Å². The third kappa shape index (κ3) is 7.55. The van der Waals surface area contributed by atoms with Crippen molar-refractivity contribution in [3.05, 3.63) is 65.5 Å². The van der Waals surface area contributed by atoms with Gasteiger partial charge < -0.3 is 10.2 Å². The Labute approximate surface area is 202 Å². The van der Waals surface area contributed by atoms with Crippen LogP contribution < -0.4 is 9.62 Å². The number of amides is 2. The van der Waals surface area contributed by atoms with Crippen LogP contribution in [0.2, 0.25) is 0 Å². The Hall–Kier alpha value is -2.94. The van der Waals surface area contributed by atoms with Crippen LogP contribution in [-0.2, 0) is 26.2 Å². The lowest BCUT2D eigenvalue weighted by Crippen LogP contribution is -2.53. The molecule has 2 atom stereocenters. The van der Waals surface area contributed by atoms with Crippen LogP contribution in [0.4, 0.5) is 10.1 Å². The van der Waals surface area contributed by atoms with Crippen LogP contribution in [0, 0.1) is 12.7 Å². The van der Waals surface area contributed by atoms with Crippen molar-refractivity contribution in [1.82, 2.24) is 10.2 Å². The minimum absolute atomic E-state index is 0.0449. The molecule has 0 aliphatic rings. The zero-order valence-corrected chi connectivity index (χ0v) is 21.2. The number of aryl methyl sites for hydroxylation is 1. The normalized spacial score (nSPS) is 13.1. The topological polar surface area (TPSA) is 86.8 Å². The van der Waals surface area contributed by atoms with E-state index >= 15 is 0 Å². The first-order chi connectivity index (χ1) is 16.0. The second-order valence-corrected chi connectivity index (χ2v) is 10.4. The highest BCUT2D eigenvalue weighted by molar-refractivity contribution is 7.92. The van der Waals surface area contributed by atoms with Crippen LogP contribution in [-0.4, -0.2) is 50.0 Å². The summed E-state index contributed by atoms with van der Waals surface area (Å²) >= 11 is 0. The number of benzene rings is 2. The second kappa shape index (κ2) is 12.0. The lowest BCUT2D eigenvalue weighted by molar-refractivity contribution is -0.140. The molecule has 0 aliphatic carbocycles. The molecule has 0 heterocycles. The van der Waals surface area contributed by atoms with Crippen molar-refractivity contribution in [2.45, 2.75) is 59.2 Å². The van der Waals surface area contributed by atoms with Gasteiger partial charge in [0.1, 0.15) is 18.4 Å². The third-order valence-corrected chi connectivity index (χ3v) is 6.74. The van der Waals surface area contributed by atoms with Crippen LogP contribution in [0.15, 0.2) is 48.5 Å². The number of hydrogen-bond acceptors (Lipinski definition) is 4. The first-order valence-corrected chi connectivity index (χ1v) is 13.2. The monoisotopic (exact) mass is 491 g/mol. The van der Waals surface area contributed by atoms with Crippen LogP contribution in [0.5, 0.6) is 0 Å². The molecule has 0 aliphatic heterocycles. The molecule has 0 saturated heterocycles. The maximum Gasteiger partial charge on any atom is 0.244 e. The number of carbonyl (C=O) groups is 2. The quantitative estimate of drug-likeness (QED) is 0.520. The van der Waals surface area contributed by atoms with Gasteiger partial charge in [-0.15, -0.1) is 0 Å². The predicted molar refractivity (Wildman–Crippen MR) is 132 cm³/mol. The molecule has 186 valence electrons. The van der Waals surface area contributed by atoms with Gasteiger partial charge in [-0.05, 0) is 50.5 Å². The van der Waals surface area contributed by atoms with E-state index in [0.29, 0.717) is 6.42 Å². The van der Waals surface area contributed by atoms with E-state index in [0.717, 1.165) is 34.2 Å². The van der Waals surface area contributed by atoms with Crippen molar-refractivity contribution in [1.29, 1.82) is 0 Å². The molecular weight excluding hydrogens is 457 g/mol. The molecule has 0 radical (unpaired) electrons. The molecule has 0 saturated carbocycles. The van der Waals surface area contributed by atoms with Gasteiger partial charge in [-0.2, -0.15) is 0 Å². The van der Waals surface area contributed by atoms with Gasteiger partial charge in [0.2, 0.25) is 21.8 Å². The van der Waals surface area contributed by atoms with Gasteiger partial charge in [-0.1, -0.05) is 49.7 Å². The Bertz CT molecular complexity index is 1110. The molecule has 7 nitrogen and oxygen atoms in total. The van der Waals surface area contributed by atoms with Crippen LogP contribution >= 0.6 is 0 Å². The van der Waals surface area contributed by atoms with E-state index in [2.05, 4.69) is 5.32 Å². The number of sulfonamides is 1. The Balaban J connectivity index is 2.44. The van der Waals surface area contributed by atoms with Crippen LogP contribution in [0.25, 0.3) is 0 Å². The molecule has 2 aromatic carbocycles. The molecule has 1 N–H and O–H groups in total. The summed E-state index contributed by atoms with van der Waals surface area (Å²) in [6.45, 7) is 7.14. The Morgan fingerprint density at radius 2 is 1.74 bits per heavy atom. The van der Waals surface area contributed by atoms with Crippen molar-refractivity contribution in [2.75, 3.05) is 17.1 Å². The fraction of sp³-hybridized carbons (Fsp3) is 0.440. The average Bonchev–Trinajstić information content (AvgIpc) is 2.76. The number of carbonyl (C=O) groups excluding carboxylic acids is 2. The average molecular weight is 492 g/mol. The van der Waals surface area contributed by atoms with Gasteiger partial charge in [0, 0.05) is 12.6 Å².